The Morgan fingerprint density at radius 3 is 2.59 bits per heavy atom. The smallest absolute Gasteiger partial charge is 0.236 e. The first-order chi connectivity index (χ1) is 8.12. The number of nitrogens with zero attached hydrogens (tertiary/aromatic N) is 2. The van der Waals surface area contributed by atoms with Crippen molar-refractivity contribution in [3.8, 4) is 0 Å². The average molecular weight is 241 g/mol. The van der Waals surface area contributed by atoms with Gasteiger partial charge in [0.25, 0.3) is 0 Å². The second-order valence-electron chi connectivity index (χ2n) is 4.91. The molecule has 0 aromatic heterocycles. The summed E-state index contributed by atoms with van der Waals surface area (Å²) in [6.45, 7) is 9.78. The van der Waals surface area contributed by atoms with Gasteiger partial charge in [0.15, 0.2) is 0 Å². The minimum Gasteiger partial charge on any atom is -0.345 e. The van der Waals surface area contributed by atoms with Crippen molar-refractivity contribution >= 4 is 5.91 Å². The number of hydrogen-bond acceptors (Lipinski definition) is 3. The van der Waals surface area contributed by atoms with Gasteiger partial charge < -0.3 is 10.2 Å². The van der Waals surface area contributed by atoms with E-state index in [9.17, 15) is 4.79 Å². The van der Waals surface area contributed by atoms with Gasteiger partial charge in [-0.15, -0.1) is 0 Å². The summed E-state index contributed by atoms with van der Waals surface area (Å²) >= 11 is 0. The molecule has 0 bridgehead atoms. The summed E-state index contributed by atoms with van der Waals surface area (Å²) in [5.74, 6) is 0.239. The standard InChI is InChI=1S/C13H27N3O/c1-5-11-9-16(12(6-2)8-14-11)10-13(17)15(4)7-3/h11-12,14H,5-10H2,1-4H3. The Labute approximate surface area is 105 Å². The highest BCUT2D eigenvalue weighted by Crippen LogP contribution is 2.12. The van der Waals surface area contributed by atoms with Gasteiger partial charge in [-0.2, -0.15) is 0 Å². The van der Waals surface area contributed by atoms with Crippen molar-refractivity contribution in [1.82, 2.24) is 15.1 Å². The molecule has 0 aromatic rings. The van der Waals surface area contributed by atoms with Crippen LogP contribution in [-0.4, -0.2) is 61.0 Å². The van der Waals surface area contributed by atoms with Crippen molar-refractivity contribution < 1.29 is 4.79 Å². The van der Waals surface area contributed by atoms with Gasteiger partial charge in [-0.25, -0.2) is 0 Å². The number of carbonyl (C=O) groups excluding carboxylic acids is 1. The third-order valence-corrected chi connectivity index (χ3v) is 3.82. The van der Waals surface area contributed by atoms with Gasteiger partial charge in [-0.3, -0.25) is 9.69 Å². The highest BCUT2D eigenvalue weighted by atomic mass is 16.2. The fraction of sp³-hybridized carbons (Fsp3) is 0.923. The number of hydrogen-bond donors (Lipinski definition) is 1. The fourth-order valence-corrected chi connectivity index (χ4v) is 2.27. The molecule has 1 aliphatic heterocycles. The van der Waals surface area contributed by atoms with Gasteiger partial charge in [0.05, 0.1) is 6.54 Å². The van der Waals surface area contributed by atoms with Gasteiger partial charge in [0, 0.05) is 38.8 Å². The van der Waals surface area contributed by atoms with Crippen LogP contribution in [-0.2, 0) is 4.79 Å². The Hall–Kier alpha value is -0.610. The first kappa shape index (κ1) is 14.5. The molecule has 0 radical (unpaired) electrons. The van der Waals surface area contributed by atoms with E-state index in [1.807, 2.05) is 14.0 Å². The second kappa shape index (κ2) is 6.97. The molecule has 0 aliphatic carbocycles. The summed E-state index contributed by atoms with van der Waals surface area (Å²) in [4.78, 5) is 16.1. The molecule has 0 saturated carbocycles. The molecule has 2 atom stereocenters. The molecule has 4 heteroatoms. The van der Waals surface area contributed by atoms with Gasteiger partial charge in [-0.1, -0.05) is 13.8 Å². The van der Waals surface area contributed by atoms with Crippen molar-refractivity contribution in [2.24, 2.45) is 0 Å². The maximum absolute atomic E-state index is 12.0. The zero-order chi connectivity index (χ0) is 12.8. The molecule has 1 amide bonds. The highest BCUT2D eigenvalue weighted by Gasteiger charge is 2.27. The van der Waals surface area contributed by atoms with Crippen LogP contribution in [0.2, 0.25) is 0 Å². The molecular weight excluding hydrogens is 214 g/mol. The lowest BCUT2D eigenvalue weighted by atomic mass is 10.1. The summed E-state index contributed by atoms with van der Waals surface area (Å²) in [5, 5.41) is 3.55. The molecule has 4 nitrogen and oxygen atoms in total. The van der Waals surface area contributed by atoms with E-state index in [1.54, 1.807) is 4.90 Å². The SMILES string of the molecule is CCC1CN(CC(=O)N(C)CC)C(CC)CN1. The number of carbonyl (C=O) groups is 1. The molecule has 1 aliphatic rings. The zero-order valence-corrected chi connectivity index (χ0v) is 11.7. The lowest BCUT2D eigenvalue weighted by Gasteiger charge is -2.40. The lowest BCUT2D eigenvalue weighted by molar-refractivity contribution is -0.132. The van der Waals surface area contributed by atoms with Crippen LogP contribution in [0.15, 0.2) is 0 Å². The molecule has 1 N–H and O–H groups in total. The van der Waals surface area contributed by atoms with E-state index >= 15 is 0 Å². The number of nitrogens with one attached hydrogen (secondary N) is 1. The zero-order valence-electron chi connectivity index (χ0n) is 11.7. The molecule has 0 aromatic carbocycles. The number of piperazine rings is 1. The first-order valence-corrected chi connectivity index (χ1v) is 6.83. The van der Waals surface area contributed by atoms with Crippen LogP contribution in [0.3, 0.4) is 0 Å². The van der Waals surface area contributed by atoms with Crippen molar-refractivity contribution in [3.05, 3.63) is 0 Å². The molecular formula is C13H27N3O. The van der Waals surface area contributed by atoms with E-state index in [-0.39, 0.29) is 5.91 Å². The summed E-state index contributed by atoms with van der Waals surface area (Å²) in [5.41, 5.74) is 0. The Morgan fingerprint density at radius 2 is 2.06 bits per heavy atom. The lowest BCUT2D eigenvalue weighted by Crippen LogP contribution is -2.58. The molecule has 1 heterocycles. The third-order valence-electron chi connectivity index (χ3n) is 3.82. The second-order valence-corrected chi connectivity index (χ2v) is 4.91. The molecule has 17 heavy (non-hydrogen) atoms. The summed E-state index contributed by atoms with van der Waals surface area (Å²) in [7, 11) is 1.88. The summed E-state index contributed by atoms with van der Waals surface area (Å²) < 4.78 is 0. The van der Waals surface area contributed by atoms with Crippen LogP contribution in [0.1, 0.15) is 33.6 Å². The van der Waals surface area contributed by atoms with Gasteiger partial charge in [0.2, 0.25) is 5.91 Å². The van der Waals surface area contributed by atoms with Crippen molar-refractivity contribution in [1.29, 1.82) is 0 Å². The maximum Gasteiger partial charge on any atom is 0.236 e. The molecule has 1 rings (SSSR count). The van der Waals surface area contributed by atoms with Gasteiger partial charge >= 0.3 is 0 Å². The van der Waals surface area contributed by atoms with Crippen molar-refractivity contribution in [3.63, 3.8) is 0 Å². The van der Waals surface area contributed by atoms with Crippen LogP contribution >= 0.6 is 0 Å². The quantitative estimate of drug-likeness (QED) is 0.778. The molecule has 1 fully saturated rings. The predicted molar refractivity (Wildman–Crippen MR) is 71.0 cm³/mol. The molecule has 100 valence electrons. The topological polar surface area (TPSA) is 35.6 Å². The monoisotopic (exact) mass is 241 g/mol. The molecule has 2 unspecified atom stereocenters. The van der Waals surface area contributed by atoms with E-state index in [0.29, 0.717) is 18.6 Å². The highest BCUT2D eigenvalue weighted by molar-refractivity contribution is 5.78. The largest absolute Gasteiger partial charge is 0.345 e. The van der Waals surface area contributed by atoms with E-state index in [1.165, 1.54) is 0 Å². The Morgan fingerprint density at radius 1 is 1.35 bits per heavy atom. The molecule has 0 spiro atoms. The Balaban J connectivity index is 2.54. The third kappa shape index (κ3) is 3.96. The number of rotatable bonds is 5. The minimum absolute atomic E-state index is 0.239. The van der Waals surface area contributed by atoms with Crippen LogP contribution in [0.5, 0.6) is 0 Å². The first-order valence-electron chi connectivity index (χ1n) is 6.83. The van der Waals surface area contributed by atoms with Gasteiger partial charge in [-0.05, 0) is 19.8 Å². The van der Waals surface area contributed by atoms with E-state index in [4.69, 9.17) is 0 Å². The summed E-state index contributed by atoms with van der Waals surface area (Å²) in [6, 6.07) is 1.05. The van der Waals surface area contributed by atoms with Crippen LogP contribution in [0.4, 0.5) is 0 Å². The fourth-order valence-electron chi connectivity index (χ4n) is 2.27. The van der Waals surface area contributed by atoms with Crippen LogP contribution < -0.4 is 5.32 Å². The Bertz CT molecular complexity index is 245. The minimum atomic E-state index is 0.239. The van der Waals surface area contributed by atoms with Crippen LogP contribution in [0, 0.1) is 0 Å². The number of amides is 1. The van der Waals surface area contributed by atoms with Gasteiger partial charge in [0.1, 0.15) is 0 Å². The maximum atomic E-state index is 12.0. The van der Waals surface area contributed by atoms with E-state index < -0.39 is 0 Å². The normalized spacial score (nSPS) is 25.9. The van der Waals surface area contributed by atoms with Crippen LogP contribution in [0.25, 0.3) is 0 Å². The van der Waals surface area contributed by atoms with E-state index in [2.05, 4.69) is 24.1 Å². The molecule has 1 saturated heterocycles. The number of likely N-dealkylation sites (N-methyl/N-ethyl adjacent to an activating group) is 1. The van der Waals surface area contributed by atoms with E-state index in [0.717, 1.165) is 32.5 Å². The Kier molecular flexibility index (Phi) is 5.92. The summed E-state index contributed by atoms with van der Waals surface area (Å²) in [6.07, 6.45) is 2.23. The predicted octanol–water partition coefficient (Wildman–Crippen LogP) is 0.927. The van der Waals surface area contributed by atoms with Crippen molar-refractivity contribution in [2.75, 3.05) is 33.2 Å². The average Bonchev–Trinajstić information content (AvgIpc) is 2.37. The van der Waals surface area contributed by atoms with Crippen molar-refractivity contribution in [2.45, 2.75) is 45.7 Å².